The van der Waals surface area contributed by atoms with Crippen LogP contribution in [-0.4, -0.2) is 11.1 Å². The molecule has 0 amide bonds. The minimum atomic E-state index is -0.863. The first-order valence-corrected chi connectivity index (χ1v) is 5.08. The highest BCUT2D eigenvalue weighted by Gasteiger charge is 2.32. The van der Waals surface area contributed by atoms with Gasteiger partial charge in [0.05, 0.1) is 0 Å². The Balaban J connectivity index is 2.30. The van der Waals surface area contributed by atoms with Gasteiger partial charge in [-0.2, -0.15) is 0 Å². The van der Waals surface area contributed by atoms with Gasteiger partial charge >= 0.3 is 5.97 Å². The van der Waals surface area contributed by atoms with Gasteiger partial charge in [-0.05, 0) is 25.3 Å². The summed E-state index contributed by atoms with van der Waals surface area (Å²) >= 11 is 0. The molecular formula is C11H14O3. The molecule has 0 atom stereocenters. The summed E-state index contributed by atoms with van der Waals surface area (Å²) in [6, 6.07) is 1.68. The molecule has 0 spiro atoms. The number of hydrogen-bond donors (Lipinski definition) is 1. The molecule has 0 unspecified atom stereocenters. The number of aromatic carboxylic acids is 1. The average molecular weight is 194 g/mol. The molecule has 1 heterocycles. The lowest BCUT2D eigenvalue weighted by atomic mass is 10.1. The van der Waals surface area contributed by atoms with Crippen molar-refractivity contribution in [1.82, 2.24) is 0 Å². The molecule has 1 fully saturated rings. The van der Waals surface area contributed by atoms with Crippen molar-refractivity contribution in [2.75, 3.05) is 0 Å². The van der Waals surface area contributed by atoms with E-state index in [-0.39, 0.29) is 0 Å². The molecule has 1 N–H and O–H groups in total. The van der Waals surface area contributed by atoms with E-state index in [0.29, 0.717) is 17.2 Å². The van der Waals surface area contributed by atoms with Crippen molar-refractivity contribution >= 4 is 5.97 Å². The number of furan rings is 1. The van der Waals surface area contributed by atoms with Gasteiger partial charge < -0.3 is 9.52 Å². The topological polar surface area (TPSA) is 50.4 Å². The van der Waals surface area contributed by atoms with E-state index in [1.54, 1.807) is 6.07 Å². The fourth-order valence-corrected chi connectivity index (χ4v) is 1.64. The van der Waals surface area contributed by atoms with E-state index in [9.17, 15) is 4.79 Å². The molecule has 14 heavy (non-hydrogen) atoms. The smallest absolute Gasteiger partial charge is 0.339 e. The van der Waals surface area contributed by atoms with Crippen LogP contribution in [0.5, 0.6) is 0 Å². The summed E-state index contributed by atoms with van der Waals surface area (Å²) in [5.41, 5.74) is 0.371. The van der Waals surface area contributed by atoms with Crippen molar-refractivity contribution in [2.45, 2.75) is 38.5 Å². The summed E-state index contributed by atoms with van der Waals surface area (Å²) in [7, 11) is 0. The van der Waals surface area contributed by atoms with E-state index >= 15 is 0 Å². The Bertz CT molecular complexity index is 347. The molecule has 1 aromatic rings. The lowest BCUT2D eigenvalue weighted by Gasteiger charge is -1.93. The molecule has 2 rings (SSSR count). The van der Waals surface area contributed by atoms with Crippen molar-refractivity contribution in [3.63, 3.8) is 0 Å². The van der Waals surface area contributed by atoms with E-state index in [1.807, 2.05) is 0 Å². The van der Waals surface area contributed by atoms with Gasteiger partial charge in [-0.25, -0.2) is 4.79 Å². The van der Waals surface area contributed by atoms with Crippen molar-refractivity contribution < 1.29 is 14.3 Å². The third kappa shape index (κ3) is 1.67. The largest absolute Gasteiger partial charge is 0.478 e. The molecule has 1 aliphatic carbocycles. The van der Waals surface area contributed by atoms with Crippen molar-refractivity contribution in [2.24, 2.45) is 0 Å². The Kier molecular flexibility index (Phi) is 2.32. The van der Waals surface area contributed by atoms with Crippen molar-refractivity contribution in [3.05, 3.63) is 23.2 Å². The van der Waals surface area contributed by atoms with Gasteiger partial charge in [-0.1, -0.05) is 6.92 Å². The van der Waals surface area contributed by atoms with Gasteiger partial charge in [0.25, 0.3) is 0 Å². The third-order valence-corrected chi connectivity index (χ3v) is 2.49. The summed E-state index contributed by atoms with van der Waals surface area (Å²) in [6.45, 7) is 2.06. The molecule has 0 radical (unpaired) electrons. The van der Waals surface area contributed by atoms with Crippen molar-refractivity contribution in [1.29, 1.82) is 0 Å². The van der Waals surface area contributed by atoms with Crippen molar-refractivity contribution in [3.8, 4) is 0 Å². The van der Waals surface area contributed by atoms with Gasteiger partial charge in [-0.15, -0.1) is 0 Å². The highest BCUT2D eigenvalue weighted by Crippen LogP contribution is 2.42. The van der Waals surface area contributed by atoms with E-state index in [2.05, 4.69) is 6.92 Å². The Morgan fingerprint density at radius 2 is 2.36 bits per heavy atom. The van der Waals surface area contributed by atoms with Crippen LogP contribution in [0, 0.1) is 0 Å². The zero-order valence-electron chi connectivity index (χ0n) is 8.25. The standard InChI is InChI=1S/C11H14O3/c1-2-3-8-6-9(11(12)13)10(14-8)7-4-5-7/h6-7H,2-5H2,1H3,(H,12,13). The van der Waals surface area contributed by atoms with Crippen LogP contribution < -0.4 is 0 Å². The second-order valence-electron chi connectivity index (χ2n) is 3.82. The van der Waals surface area contributed by atoms with Crippen LogP contribution in [0.3, 0.4) is 0 Å². The lowest BCUT2D eigenvalue weighted by molar-refractivity contribution is 0.0694. The second kappa shape index (κ2) is 3.48. The Morgan fingerprint density at radius 1 is 1.64 bits per heavy atom. The highest BCUT2D eigenvalue weighted by molar-refractivity contribution is 5.89. The maximum atomic E-state index is 10.9. The first kappa shape index (κ1) is 9.31. The molecule has 0 saturated heterocycles. The van der Waals surface area contributed by atoms with Crippen LogP contribution in [-0.2, 0) is 6.42 Å². The summed E-state index contributed by atoms with van der Waals surface area (Å²) < 4.78 is 5.56. The molecule has 76 valence electrons. The average Bonchev–Trinajstić information content (AvgIpc) is 2.88. The van der Waals surface area contributed by atoms with E-state index in [4.69, 9.17) is 9.52 Å². The zero-order valence-corrected chi connectivity index (χ0v) is 8.25. The molecule has 1 saturated carbocycles. The van der Waals surface area contributed by atoms with Gasteiger partial charge in [0.2, 0.25) is 0 Å². The van der Waals surface area contributed by atoms with E-state index < -0.39 is 5.97 Å². The Morgan fingerprint density at radius 3 is 2.86 bits per heavy atom. The SMILES string of the molecule is CCCc1cc(C(=O)O)c(C2CC2)o1. The number of carbonyl (C=O) groups is 1. The summed E-state index contributed by atoms with van der Waals surface area (Å²) in [6.07, 6.45) is 3.95. The molecule has 3 nitrogen and oxygen atoms in total. The van der Waals surface area contributed by atoms with Crippen LogP contribution >= 0.6 is 0 Å². The zero-order chi connectivity index (χ0) is 10.1. The molecule has 3 heteroatoms. The maximum Gasteiger partial charge on any atom is 0.339 e. The number of carboxylic acid groups (broad SMARTS) is 1. The van der Waals surface area contributed by atoms with Gasteiger partial charge in [-0.3, -0.25) is 0 Å². The summed E-state index contributed by atoms with van der Waals surface area (Å²) in [5.74, 6) is 1.01. The molecule has 0 bridgehead atoms. The minimum Gasteiger partial charge on any atom is -0.478 e. The van der Waals surface area contributed by atoms with Gasteiger partial charge in [0, 0.05) is 12.3 Å². The molecular weight excluding hydrogens is 180 g/mol. The monoisotopic (exact) mass is 194 g/mol. The predicted molar refractivity (Wildman–Crippen MR) is 51.6 cm³/mol. The second-order valence-corrected chi connectivity index (χ2v) is 3.82. The van der Waals surface area contributed by atoms with Crippen LogP contribution in [0.25, 0.3) is 0 Å². The van der Waals surface area contributed by atoms with E-state index in [1.165, 1.54) is 0 Å². The highest BCUT2D eigenvalue weighted by atomic mass is 16.4. The van der Waals surface area contributed by atoms with E-state index in [0.717, 1.165) is 31.4 Å². The summed E-state index contributed by atoms with van der Waals surface area (Å²) in [5, 5.41) is 8.96. The first-order chi connectivity index (χ1) is 6.72. The molecule has 0 aliphatic heterocycles. The predicted octanol–water partition coefficient (Wildman–Crippen LogP) is 2.81. The number of hydrogen-bond acceptors (Lipinski definition) is 2. The fourth-order valence-electron chi connectivity index (χ4n) is 1.64. The van der Waals surface area contributed by atoms with Crippen LogP contribution in [0.4, 0.5) is 0 Å². The lowest BCUT2D eigenvalue weighted by Crippen LogP contribution is -1.97. The van der Waals surface area contributed by atoms with Crippen LogP contribution in [0.2, 0.25) is 0 Å². The molecule has 0 aromatic carbocycles. The number of carboxylic acids is 1. The normalized spacial score (nSPS) is 15.8. The molecule has 1 aliphatic rings. The number of aryl methyl sites for hydroxylation is 1. The quantitative estimate of drug-likeness (QED) is 0.801. The minimum absolute atomic E-state index is 0.367. The van der Waals surface area contributed by atoms with Crippen LogP contribution in [0.15, 0.2) is 10.5 Å². The Hall–Kier alpha value is -1.25. The summed E-state index contributed by atoms with van der Waals surface area (Å²) in [4.78, 5) is 10.9. The van der Waals surface area contributed by atoms with Gasteiger partial charge in [0.15, 0.2) is 0 Å². The maximum absolute atomic E-state index is 10.9. The third-order valence-electron chi connectivity index (χ3n) is 2.49. The first-order valence-electron chi connectivity index (χ1n) is 5.08. The van der Waals surface area contributed by atoms with Gasteiger partial charge in [0.1, 0.15) is 17.1 Å². The Labute approximate surface area is 82.7 Å². The molecule has 1 aromatic heterocycles. The number of rotatable bonds is 4. The fraction of sp³-hybridized carbons (Fsp3) is 0.545. The van der Waals surface area contributed by atoms with Crippen LogP contribution in [0.1, 0.15) is 54.0 Å².